The third-order valence-electron chi connectivity index (χ3n) is 8.00. The van der Waals surface area contributed by atoms with Gasteiger partial charge in [-0.15, -0.1) is 0 Å². The van der Waals surface area contributed by atoms with E-state index in [0.717, 1.165) is 66.6 Å². The van der Waals surface area contributed by atoms with Crippen molar-refractivity contribution in [2.45, 2.75) is 70.4 Å². The number of aromatic nitrogens is 1. The Bertz CT molecular complexity index is 1270. The van der Waals surface area contributed by atoms with Gasteiger partial charge in [0.15, 0.2) is 0 Å². The zero-order valence-corrected chi connectivity index (χ0v) is 22.5. The van der Waals surface area contributed by atoms with Crippen LogP contribution in [-0.2, 0) is 15.1 Å². The summed E-state index contributed by atoms with van der Waals surface area (Å²) in [5.74, 6) is 0.680. The molecule has 0 unspecified atom stereocenters. The van der Waals surface area contributed by atoms with Crippen molar-refractivity contribution in [3.8, 4) is 22.4 Å². The maximum atomic E-state index is 13.0. The number of nitrogens with two attached hydrogens (primary N) is 1. The minimum atomic E-state index is -0.410. The first-order valence-corrected chi connectivity index (χ1v) is 13.8. The summed E-state index contributed by atoms with van der Waals surface area (Å²) in [5.41, 5.74) is 11.5. The van der Waals surface area contributed by atoms with Crippen molar-refractivity contribution in [1.29, 1.82) is 0 Å². The molecule has 1 aromatic heterocycles. The van der Waals surface area contributed by atoms with E-state index >= 15 is 0 Å². The van der Waals surface area contributed by atoms with Gasteiger partial charge >= 0.3 is 0 Å². The van der Waals surface area contributed by atoms with Crippen LogP contribution >= 0.6 is 0 Å². The van der Waals surface area contributed by atoms with Crippen LogP contribution < -0.4 is 11.1 Å². The van der Waals surface area contributed by atoms with Crippen LogP contribution in [0.5, 0.6) is 0 Å². The van der Waals surface area contributed by atoms with Crippen LogP contribution in [-0.4, -0.2) is 34.3 Å². The van der Waals surface area contributed by atoms with Crippen LogP contribution in [0, 0.1) is 5.92 Å². The van der Waals surface area contributed by atoms with Gasteiger partial charge in [0.05, 0.1) is 17.6 Å². The van der Waals surface area contributed by atoms with Gasteiger partial charge in [-0.25, -0.2) is 0 Å². The molecule has 5 rings (SSSR count). The molecule has 6 nitrogen and oxygen atoms in total. The summed E-state index contributed by atoms with van der Waals surface area (Å²) in [6.07, 6.45) is 7.90. The Labute approximate surface area is 225 Å². The number of rotatable bonds is 7. The fourth-order valence-corrected chi connectivity index (χ4v) is 5.85. The summed E-state index contributed by atoms with van der Waals surface area (Å²) < 4.78 is 0. The normalized spacial score (nSPS) is 20.0. The number of likely N-dealkylation sites (tertiary alicyclic amines) is 1. The van der Waals surface area contributed by atoms with Crippen LogP contribution in [0.25, 0.3) is 22.4 Å². The Balaban J connectivity index is 1.28. The standard InChI is InChI=1S/C32H38N4O2/c1-32(2,33)25-14-12-24(13-15-25)31-28(23-7-4-3-5-8-23)20-26(21-34-31)35-29(37)19-22-10-16-27(17-11-22)36-18-6-9-30(36)38/h3-5,7-8,12-15,20-22,27H,6,9-11,16-19,33H2,1-2H3,(H,35,37). The second-order valence-corrected chi connectivity index (χ2v) is 11.4. The fraction of sp³-hybridized carbons (Fsp3) is 0.406. The summed E-state index contributed by atoms with van der Waals surface area (Å²) in [7, 11) is 0. The summed E-state index contributed by atoms with van der Waals surface area (Å²) in [5, 5.41) is 3.10. The van der Waals surface area contributed by atoms with E-state index in [1.807, 2.05) is 38.1 Å². The van der Waals surface area contributed by atoms with E-state index in [2.05, 4.69) is 46.6 Å². The average molecular weight is 511 g/mol. The number of benzene rings is 2. The Morgan fingerprint density at radius 1 is 1.03 bits per heavy atom. The Kier molecular flexibility index (Phi) is 7.61. The lowest BCUT2D eigenvalue weighted by molar-refractivity contribution is -0.130. The largest absolute Gasteiger partial charge is 0.340 e. The van der Waals surface area contributed by atoms with Crippen molar-refractivity contribution in [3.05, 3.63) is 72.4 Å². The first-order chi connectivity index (χ1) is 18.3. The van der Waals surface area contributed by atoms with Crippen molar-refractivity contribution in [2.75, 3.05) is 11.9 Å². The van der Waals surface area contributed by atoms with Gasteiger partial charge in [-0.2, -0.15) is 0 Å². The number of carbonyl (C=O) groups is 2. The number of pyridine rings is 1. The number of anilines is 1. The molecule has 0 radical (unpaired) electrons. The SMILES string of the molecule is CC(C)(N)c1ccc(-c2ncc(NC(=O)CC3CCC(N4CCCC4=O)CC3)cc2-c2ccccc2)cc1. The number of hydrogen-bond acceptors (Lipinski definition) is 4. The molecule has 6 heteroatoms. The molecule has 1 aliphatic heterocycles. The van der Waals surface area contributed by atoms with Crippen LogP contribution in [0.2, 0.25) is 0 Å². The van der Waals surface area contributed by atoms with E-state index < -0.39 is 5.54 Å². The molecule has 0 spiro atoms. The zero-order valence-electron chi connectivity index (χ0n) is 22.5. The Morgan fingerprint density at radius 2 is 1.74 bits per heavy atom. The second kappa shape index (κ2) is 11.1. The average Bonchev–Trinajstić information content (AvgIpc) is 3.35. The lowest BCUT2D eigenvalue weighted by Crippen LogP contribution is -2.39. The van der Waals surface area contributed by atoms with Gasteiger partial charge in [0, 0.05) is 42.1 Å². The van der Waals surface area contributed by atoms with E-state index in [4.69, 9.17) is 10.7 Å². The molecule has 0 atom stereocenters. The molecular weight excluding hydrogens is 472 g/mol. The lowest BCUT2D eigenvalue weighted by Gasteiger charge is -2.34. The van der Waals surface area contributed by atoms with Gasteiger partial charge in [0.1, 0.15) is 0 Å². The predicted molar refractivity (Wildman–Crippen MR) is 152 cm³/mol. The van der Waals surface area contributed by atoms with Crippen molar-refractivity contribution in [2.24, 2.45) is 11.7 Å². The van der Waals surface area contributed by atoms with E-state index in [0.29, 0.717) is 36.4 Å². The highest BCUT2D eigenvalue weighted by atomic mass is 16.2. The van der Waals surface area contributed by atoms with Gasteiger partial charge in [-0.3, -0.25) is 14.6 Å². The van der Waals surface area contributed by atoms with Crippen LogP contribution in [0.15, 0.2) is 66.9 Å². The minimum Gasteiger partial charge on any atom is -0.340 e. The van der Waals surface area contributed by atoms with Gasteiger partial charge in [0.2, 0.25) is 11.8 Å². The first-order valence-electron chi connectivity index (χ1n) is 13.8. The molecule has 198 valence electrons. The number of carbonyl (C=O) groups excluding carboxylic acids is 2. The molecule has 2 aliphatic rings. The minimum absolute atomic E-state index is 0.0220. The highest BCUT2D eigenvalue weighted by Gasteiger charge is 2.32. The summed E-state index contributed by atoms with van der Waals surface area (Å²) in [6, 6.07) is 20.7. The molecule has 1 aliphatic carbocycles. The fourth-order valence-electron chi connectivity index (χ4n) is 5.85. The lowest BCUT2D eigenvalue weighted by atomic mass is 9.83. The first kappa shape index (κ1) is 26.1. The number of amides is 2. The highest BCUT2D eigenvalue weighted by Crippen LogP contribution is 2.34. The zero-order chi connectivity index (χ0) is 26.7. The molecule has 3 aromatic rings. The van der Waals surface area contributed by atoms with Crippen LogP contribution in [0.3, 0.4) is 0 Å². The van der Waals surface area contributed by atoms with Crippen molar-refractivity contribution >= 4 is 17.5 Å². The van der Waals surface area contributed by atoms with E-state index in [-0.39, 0.29) is 5.91 Å². The van der Waals surface area contributed by atoms with Crippen LogP contribution in [0.4, 0.5) is 5.69 Å². The maximum absolute atomic E-state index is 13.0. The summed E-state index contributed by atoms with van der Waals surface area (Å²) in [4.78, 5) is 31.9. The van der Waals surface area contributed by atoms with Crippen molar-refractivity contribution in [1.82, 2.24) is 9.88 Å². The molecule has 1 saturated carbocycles. The quantitative estimate of drug-likeness (QED) is 0.401. The predicted octanol–water partition coefficient (Wildman–Crippen LogP) is 6.12. The smallest absolute Gasteiger partial charge is 0.224 e. The third-order valence-corrected chi connectivity index (χ3v) is 8.00. The molecule has 2 heterocycles. The maximum Gasteiger partial charge on any atom is 0.224 e. The molecular formula is C32H38N4O2. The molecule has 0 bridgehead atoms. The second-order valence-electron chi connectivity index (χ2n) is 11.4. The van der Waals surface area contributed by atoms with E-state index in [1.54, 1.807) is 6.20 Å². The van der Waals surface area contributed by atoms with Crippen molar-refractivity contribution in [3.63, 3.8) is 0 Å². The molecule has 2 amide bonds. The molecule has 38 heavy (non-hydrogen) atoms. The highest BCUT2D eigenvalue weighted by molar-refractivity contribution is 5.93. The monoisotopic (exact) mass is 510 g/mol. The van der Waals surface area contributed by atoms with Crippen LogP contribution in [0.1, 0.15) is 64.4 Å². The molecule has 2 aromatic carbocycles. The number of nitrogens with one attached hydrogen (secondary N) is 1. The molecule has 2 fully saturated rings. The third kappa shape index (κ3) is 5.97. The van der Waals surface area contributed by atoms with E-state index in [9.17, 15) is 9.59 Å². The molecule has 1 saturated heterocycles. The molecule has 3 N–H and O–H groups in total. The summed E-state index contributed by atoms with van der Waals surface area (Å²) >= 11 is 0. The van der Waals surface area contributed by atoms with Gasteiger partial charge in [0.25, 0.3) is 0 Å². The van der Waals surface area contributed by atoms with Gasteiger partial charge in [-0.05, 0) is 69.1 Å². The topological polar surface area (TPSA) is 88.3 Å². The number of nitrogens with zero attached hydrogens (tertiary/aromatic N) is 2. The number of hydrogen-bond donors (Lipinski definition) is 2. The van der Waals surface area contributed by atoms with Gasteiger partial charge in [-0.1, -0.05) is 54.6 Å². The van der Waals surface area contributed by atoms with E-state index in [1.165, 1.54) is 0 Å². The Morgan fingerprint density at radius 3 is 2.37 bits per heavy atom. The van der Waals surface area contributed by atoms with Crippen molar-refractivity contribution < 1.29 is 9.59 Å². The van der Waals surface area contributed by atoms with Gasteiger partial charge < -0.3 is 16.0 Å². The summed E-state index contributed by atoms with van der Waals surface area (Å²) in [6.45, 7) is 4.89. The Hall–Kier alpha value is -3.51.